The van der Waals surface area contributed by atoms with Crippen LogP contribution in [0.2, 0.25) is 0 Å². The number of hydrogen-bond acceptors (Lipinski definition) is 2. The quantitative estimate of drug-likeness (QED) is 0.927. The van der Waals surface area contributed by atoms with Gasteiger partial charge in [-0.3, -0.25) is 4.68 Å². The summed E-state index contributed by atoms with van der Waals surface area (Å²) in [7, 11) is 0. The molecular weight excluding hydrogens is 264 g/mol. The summed E-state index contributed by atoms with van der Waals surface area (Å²) in [6.45, 7) is 10.8. The molecule has 118 valence electrons. The molecule has 2 rings (SSSR count). The summed E-state index contributed by atoms with van der Waals surface area (Å²) in [6, 6.07) is 2.54. The number of nitrogens with one attached hydrogen (secondary N) is 1. The molecule has 0 saturated carbocycles. The van der Waals surface area contributed by atoms with Crippen LogP contribution in [0.4, 0.5) is 4.79 Å². The summed E-state index contributed by atoms with van der Waals surface area (Å²) in [5.41, 5.74) is 2.22. The highest BCUT2D eigenvalue weighted by molar-refractivity contribution is 5.74. The van der Waals surface area contributed by atoms with Crippen LogP contribution < -0.4 is 5.32 Å². The summed E-state index contributed by atoms with van der Waals surface area (Å²) in [5, 5.41) is 7.55. The lowest BCUT2D eigenvalue weighted by atomic mass is 10.0. The molecule has 0 radical (unpaired) electrons. The SMILES string of the molecule is Cc1cc(C)n(CC(C)CNC(=O)N2CCCCC2C)n1. The van der Waals surface area contributed by atoms with Crippen LogP contribution in [0.3, 0.4) is 0 Å². The van der Waals surface area contributed by atoms with Gasteiger partial charge in [-0.25, -0.2) is 4.79 Å². The van der Waals surface area contributed by atoms with E-state index in [2.05, 4.69) is 37.3 Å². The van der Waals surface area contributed by atoms with Crippen LogP contribution in [0, 0.1) is 19.8 Å². The largest absolute Gasteiger partial charge is 0.338 e. The molecule has 2 unspecified atom stereocenters. The molecule has 1 saturated heterocycles. The van der Waals surface area contributed by atoms with Gasteiger partial charge in [0.2, 0.25) is 0 Å². The third-order valence-corrected chi connectivity index (χ3v) is 4.25. The third-order valence-electron chi connectivity index (χ3n) is 4.25. The molecule has 5 heteroatoms. The van der Waals surface area contributed by atoms with Crippen molar-refractivity contribution in [3.8, 4) is 0 Å². The molecule has 1 aliphatic heterocycles. The highest BCUT2D eigenvalue weighted by Gasteiger charge is 2.23. The van der Waals surface area contributed by atoms with Crippen molar-refractivity contribution in [2.45, 2.75) is 59.5 Å². The standard InChI is InChI=1S/C16H28N4O/c1-12(11-20-15(4)9-13(2)18-20)10-17-16(21)19-8-6-5-7-14(19)3/h9,12,14H,5-8,10-11H2,1-4H3,(H,17,21). The fourth-order valence-corrected chi connectivity index (χ4v) is 2.98. The minimum absolute atomic E-state index is 0.0856. The van der Waals surface area contributed by atoms with Gasteiger partial charge in [0.1, 0.15) is 0 Å². The number of urea groups is 1. The zero-order valence-electron chi connectivity index (χ0n) is 13.7. The van der Waals surface area contributed by atoms with Crippen LogP contribution in [0.1, 0.15) is 44.5 Å². The van der Waals surface area contributed by atoms with Gasteiger partial charge in [-0.2, -0.15) is 5.10 Å². The molecule has 1 aliphatic rings. The first-order valence-corrected chi connectivity index (χ1v) is 8.03. The number of amides is 2. The number of piperidine rings is 1. The Kier molecular flexibility index (Phi) is 5.26. The molecule has 0 bridgehead atoms. The number of rotatable bonds is 4. The van der Waals surface area contributed by atoms with E-state index >= 15 is 0 Å². The molecule has 2 heterocycles. The van der Waals surface area contributed by atoms with Crippen LogP contribution in [-0.4, -0.2) is 39.8 Å². The molecular formula is C16H28N4O. The second-order valence-electron chi connectivity index (χ2n) is 6.44. The van der Waals surface area contributed by atoms with E-state index in [9.17, 15) is 4.79 Å². The van der Waals surface area contributed by atoms with Gasteiger partial charge in [-0.05, 0) is 52.0 Å². The molecule has 2 atom stereocenters. The van der Waals surface area contributed by atoms with E-state index in [1.165, 1.54) is 12.1 Å². The monoisotopic (exact) mass is 292 g/mol. The summed E-state index contributed by atoms with van der Waals surface area (Å²) >= 11 is 0. The fraction of sp³-hybridized carbons (Fsp3) is 0.750. The van der Waals surface area contributed by atoms with E-state index in [-0.39, 0.29) is 6.03 Å². The first-order chi connectivity index (χ1) is 9.97. The van der Waals surface area contributed by atoms with Crippen LogP contribution in [-0.2, 0) is 6.54 Å². The van der Waals surface area contributed by atoms with Crippen LogP contribution >= 0.6 is 0 Å². The van der Waals surface area contributed by atoms with Gasteiger partial charge >= 0.3 is 6.03 Å². The Morgan fingerprint density at radius 2 is 2.24 bits per heavy atom. The predicted octanol–water partition coefficient (Wildman–Crippen LogP) is 2.72. The van der Waals surface area contributed by atoms with Crippen molar-refractivity contribution in [3.63, 3.8) is 0 Å². The van der Waals surface area contributed by atoms with Gasteiger partial charge in [-0.15, -0.1) is 0 Å². The van der Waals surface area contributed by atoms with E-state index in [0.717, 1.165) is 31.6 Å². The van der Waals surface area contributed by atoms with Crippen molar-refractivity contribution in [1.82, 2.24) is 20.0 Å². The second-order valence-corrected chi connectivity index (χ2v) is 6.44. The van der Waals surface area contributed by atoms with Crippen molar-refractivity contribution in [2.24, 2.45) is 5.92 Å². The normalized spacial score (nSPS) is 20.4. The average Bonchev–Trinajstić information content (AvgIpc) is 2.74. The smallest absolute Gasteiger partial charge is 0.317 e. The topological polar surface area (TPSA) is 50.2 Å². The number of carbonyl (C=O) groups is 1. The van der Waals surface area contributed by atoms with Crippen molar-refractivity contribution < 1.29 is 4.79 Å². The molecule has 1 aromatic rings. The number of hydrogen-bond donors (Lipinski definition) is 1. The highest BCUT2D eigenvalue weighted by atomic mass is 16.2. The zero-order chi connectivity index (χ0) is 15.4. The second kappa shape index (κ2) is 6.96. The van der Waals surface area contributed by atoms with Gasteiger partial charge < -0.3 is 10.2 Å². The van der Waals surface area contributed by atoms with E-state index in [4.69, 9.17) is 0 Å². The van der Waals surface area contributed by atoms with Gasteiger partial charge in [0.25, 0.3) is 0 Å². The molecule has 1 N–H and O–H groups in total. The lowest BCUT2D eigenvalue weighted by Crippen LogP contribution is -2.48. The number of carbonyl (C=O) groups excluding carboxylic acids is 1. The first-order valence-electron chi connectivity index (χ1n) is 8.03. The number of aryl methyl sites for hydroxylation is 2. The Morgan fingerprint density at radius 1 is 1.48 bits per heavy atom. The molecule has 2 amide bonds. The average molecular weight is 292 g/mol. The maximum atomic E-state index is 12.2. The van der Waals surface area contributed by atoms with Gasteiger partial charge in [0.05, 0.1) is 5.69 Å². The van der Waals surface area contributed by atoms with Crippen LogP contribution in [0.5, 0.6) is 0 Å². The van der Waals surface area contributed by atoms with Gasteiger partial charge in [0, 0.05) is 31.4 Å². The minimum atomic E-state index is 0.0856. The Bertz CT molecular complexity index is 483. The molecule has 21 heavy (non-hydrogen) atoms. The van der Waals surface area contributed by atoms with E-state index in [1.807, 2.05) is 16.5 Å². The zero-order valence-corrected chi connectivity index (χ0v) is 13.7. The Morgan fingerprint density at radius 3 is 2.86 bits per heavy atom. The van der Waals surface area contributed by atoms with Crippen LogP contribution in [0.15, 0.2) is 6.07 Å². The van der Waals surface area contributed by atoms with Crippen LogP contribution in [0.25, 0.3) is 0 Å². The highest BCUT2D eigenvalue weighted by Crippen LogP contribution is 2.16. The summed E-state index contributed by atoms with van der Waals surface area (Å²) in [4.78, 5) is 14.2. The maximum absolute atomic E-state index is 12.2. The fourth-order valence-electron chi connectivity index (χ4n) is 2.98. The molecule has 5 nitrogen and oxygen atoms in total. The first kappa shape index (κ1) is 15.9. The Balaban J connectivity index is 1.79. The number of aromatic nitrogens is 2. The third kappa shape index (κ3) is 4.22. The van der Waals surface area contributed by atoms with Gasteiger partial charge in [-0.1, -0.05) is 6.92 Å². The number of likely N-dealkylation sites (tertiary alicyclic amines) is 1. The molecule has 1 fully saturated rings. The summed E-state index contributed by atoms with van der Waals surface area (Å²) < 4.78 is 2.02. The van der Waals surface area contributed by atoms with Crippen molar-refractivity contribution in [1.29, 1.82) is 0 Å². The minimum Gasteiger partial charge on any atom is -0.338 e. The van der Waals surface area contributed by atoms with Gasteiger partial charge in [0.15, 0.2) is 0 Å². The number of nitrogens with zero attached hydrogens (tertiary/aromatic N) is 3. The molecule has 0 aromatic carbocycles. The van der Waals surface area contributed by atoms with Crippen molar-refractivity contribution >= 4 is 6.03 Å². The summed E-state index contributed by atoms with van der Waals surface area (Å²) in [5.74, 6) is 0.368. The van der Waals surface area contributed by atoms with Crippen molar-refractivity contribution in [2.75, 3.05) is 13.1 Å². The lowest BCUT2D eigenvalue weighted by molar-refractivity contribution is 0.156. The summed E-state index contributed by atoms with van der Waals surface area (Å²) in [6.07, 6.45) is 3.48. The van der Waals surface area contributed by atoms with E-state index < -0.39 is 0 Å². The molecule has 1 aromatic heterocycles. The molecule has 0 spiro atoms. The van der Waals surface area contributed by atoms with E-state index in [1.54, 1.807) is 0 Å². The molecule has 0 aliphatic carbocycles. The Labute approximate surface area is 127 Å². The van der Waals surface area contributed by atoms with Crippen molar-refractivity contribution in [3.05, 3.63) is 17.5 Å². The van der Waals surface area contributed by atoms with E-state index in [0.29, 0.717) is 18.5 Å². The lowest BCUT2D eigenvalue weighted by Gasteiger charge is -2.33. The Hall–Kier alpha value is -1.52. The maximum Gasteiger partial charge on any atom is 0.317 e. The predicted molar refractivity (Wildman–Crippen MR) is 84.3 cm³/mol.